The summed E-state index contributed by atoms with van der Waals surface area (Å²) < 4.78 is 14.4. The van der Waals surface area contributed by atoms with E-state index in [9.17, 15) is 9.18 Å². The van der Waals surface area contributed by atoms with Gasteiger partial charge < -0.3 is 20.4 Å². The van der Waals surface area contributed by atoms with Gasteiger partial charge >= 0.3 is 0 Å². The van der Waals surface area contributed by atoms with Crippen molar-refractivity contribution in [2.75, 3.05) is 19.4 Å². The van der Waals surface area contributed by atoms with Crippen molar-refractivity contribution in [3.8, 4) is 0 Å². The molecule has 2 N–H and O–H groups in total. The molecule has 5 aliphatic rings. The third-order valence-corrected chi connectivity index (χ3v) is 6.76. The predicted molar refractivity (Wildman–Crippen MR) is 115 cm³/mol. The normalized spacial score (nSPS) is 28.5. The van der Waals surface area contributed by atoms with Gasteiger partial charge in [0.05, 0.1) is 0 Å². The summed E-state index contributed by atoms with van der Waals surface area (Å²) in [5.74, 6) is 1.27. The van der Waals surface area contributed by atoms with Crippen LogP contribution in [0.1, 0.15) is 44.6 Å². The van der Waals surface area contributed by atoms with Crippen LogP contribution in [0.5, 0.6) is 0 Å². The summed E-state index contributed by atoms with van der Waals surface area (Å²) in [6.45, 7) is 3.95. The van der Waals surface area contributed by atoms with Gasteiger partial charge in [0, 0.05) is 37.1 Å². The molecular weight excluding hydrogens is 381 g/mol. The van der Waals surface area contributed by atoms with Crippen LogP contribution in [0.25, 0.3) is 0 Å². The van der Waals surface area contributed by atoms with Gasteiger partial charge in [0.2, 0.25) is 5.96 Å². The van der Waals surface area contributed by atoms with Crippen molar-refractivity contribution in [2.24, 2.45) is 10.9 Å². The molecule has 2 aliphatic heterocycles. The number of nitrogens with zero attached hydrogens (tertiary/aromatic N) is 3. The Morgan fingerprint density at radius 3 is 2.63 bits per heavy atom. The van der Waals surface area contributed by atoms with Gasteiger partial charge in [-0.2, -0.15) is 0 Å². The maximum absolute atomic E-state index is 14.4. The lowest BCUT2D eigenvalue weighted by Gasteiger charge is -2.67. The fourth-order valence-electron chi connectivity index (χ4n) is 5.06. The van der Waals surface area contributed by atoms with E-state index in [0.717, 1.165) is 30.8 Å². The summed E-state index contributed by atoms with van der Waals surface area (Å²) in [5, 5.41) is 6.36. The molecule has 1 unspecified atom stereocenters. The maximum atomic E-state index is 14.4. The molecule has 0 spiro atoms. The first-order valence-corrected chi connectivity index (χ1v) is 10.6. The predicted octanol–water partition coefficient (Wildman–Crippen LogP) is 3.37. The third-order valence-electron chi connectivity index (χ3n) is 6.76. The highest BCUT2D eigenvalue weighted by atomic mass is 19.1. The number of anilines is 1. The van der Waals surface area contributed by atoms with Crippen LogP contribution in [0, 0.1) is 11.7 Å². The third kappa shape index (κ3) is 2.82. The van der Waals surface area contributed by atoms with E-state index in [1.54, 1.807) is 19.0 Å². The van der Waals surface area contributed by atoms with E-state index in [2.05, 4.69) is 15.5 Å². The lowest BCUT2D eigenvalue weighted by atomic mass is 9.49. The first kappa shape index (κ1) is 19.2. The van der Waals surface area contributed by atoms with E-state index in [1.165, 1.54) is 6.07 Å². The monoisotopic (exact) mass is 409 g/mol. The number of amides is 1. The lowest BCUT2D eigenvalue weighted by Crippen LogP contribution is -2.69. The summed E-state index contributed by atoms with van der Waals surface area (Å²) in [4.78, 5) is 21.6. The van der Waals surface area contributed by atoms with Crippen LogP contribution in [0.3, 0.4) is 0 Å². The molecule has 2 heterocycles. The van der Waals surface area contributed by atoms with Crippen LogP contribution in [-0.4, -0.2) is 47.5 Å². The Labute approximate surface area is 176 Å². The van der Waals surface area contributed by atoms with Crippen LogP contribution in [0.4, 0.5) is 10.1 Å². The average molecular weight is 410 g/mol. The first-order chi connectivity index (χ1) is 14.3. The van der Waals surface area contributed by atoms with Gasteiger partial charge in [-0.25, -0.2) is 9.38 Å². The Morgan fingerprint density at radius 1 is 1.33 bits per heavy atom. The second kappa shape index (κ2) is 6.59. The Morgan fingerprint density at radius 2 is 2.07 bits per heavy atom. The molecule has 158 valence electrons. The van der Waals surface area contributed by atoms with Crippen LogP contribution < -0.4 is 10.6 Å². The fraction of sp³-hybridized carbons (Fsp3) is 0.478. The minimum atomic E-state index is -0.228. The number of likely N-dealkylation sites (N-methyl/N-ethyl adjacent to an activating group) is 1. The molecule has 0 radical (unpaired) electrons. The highest BCUT2D eigenvalue weighted by molar-refractivity contribution is 5.97. The number of rotatable bonds is 4. The number of benzene rings is 1. The van der Waals surface area contributed by atoms with E-state index in [4.69, 9.17) is 4.99 Å². The number of carbonyl (C=O) groups is 1. The summed E-state index contributed by atoms with van der Waals surface area (Å²) in [5.41, 5.74) is 3.10. The highest BCUT2D eigenvalue weighted by Crippen LogP contribution is 2.63. The molecule has 3 saturated carbocycles. The van der Waals surface area contributed by atoms with E-state index in [-0.39, 0.29) is 29.3 Å². The molecule has 6 nitrogen and oxygen atoms in total. The molecular formula is C23H28FN5O. The maximum Gasteiger partial charge on any atom is 0.269 e. The van der Waals surface area contributed by atoms with Crippen molar-refractivity contribution < 1.29 is 9.18 Å². The van der Waals surface area contributed by atoms with Crippen LogP contribution in [-0.2, 0) is 4.79 Å². The van der Waals surface area contributed by atoms with Gasteiger partial charge in [0.15, 0.2) is 6.17 Å². The second-order valence-corrected chi connectivity index (χ2v) is 9.46. The summed E-state index contributed by atoms with van der Waals surface area (Å²) in [6, 6.07) is 5.19. The van der Waals surface area contributed by atoms with Gasteiger partial charge in [-0.3, -0.25) is 4.79 Å². The zero-order valence-corrected chi connectivity index (χ0v) is 17.9. The van der Waals surface area contributed by atoms with Crippen molar-refractivity contribution in [3.63, 3.8) is 0 Å². The van der Waals surface area contributed by atoms with E-state index in [1.807, 2.05) is 38.3 Å². The molecule has 0 aromatic heterocycles. The standard InChI is InChI=1S/C23H28FN5O/c1-13(2)17-6-5-16(8-18(17)24)26-22-25-12-15-7-19(21(30)28(3)4)29(20(15)27-22)23-9-14(10-23)11-23/h5-8,12-14,20H,9-11H2,1-4H3,(H2,25,26,27). The molecule has 2 bridgehead atoms. The number of hydrogen-bond acceptors (Lipinski definition) is 5. The minimum absolute atomic E-state index is 0.00563. The van der Waals surface area contributed by atoms with Crippen molar-refractivity contribution in [1.29, 1.82) is 0 Å². The topological polar surface area (TPSA) is 60.0 Å². The van der Waals surface area contributed by atoms with Gasteiger partial charge in [0.25, 0.3) is 5.91 Å². The molecule has 0 saturated heterocycles. The Kier molecular flexibility index (Phi) is 4.21. The zero-order valence-electron chi connectivity index (χ0n) is 17.9. The van der Waals surface area contributed by atoms with Gasteiger partial charge in [0.1, 0.15) is 11.5 Å². The Hall–Kier alpha value is -2.83. The van der Waals surface area contributed by atoms with Crippen molar-refractivity contribution in [2.45, 2.75) is 50.7 Å². The summed E-state index contributed by atoms with van der Waals surface area (Å²) >= 11 is 0. The van der Waals surface area contributed by atoms with Crippen molar-refractivity contribution in [1.82, 2.24) is 15.1 Å². The van der Waals surface area contributed by atoms with Crippen molar-refractivity contribution in [3.05, 3.63) is 53.1 Å². The van der Waals surface area contributed by atoms with E-state index < -0.39 is 0 Å². The number of aliphatic imine (C=N–C) groups is 1. The number of hydrogen-bond donors (Lipinski definition) is 2. The summed E-state index contributed by atoms with van der Waals surface area (Å²) in [7, 11) is 3.56. The largest absolute Gasteiger partial charge is 0.344 e. The molecule has 6 rings (SSSR count). The quantitative estimate of drug-likeness (QED) is 0.801. The number of halogens is 1. The smallest absolute Gasteiger partial charge is 0.269 e. The molecule has 1 aromatic rings. The molecule has 1 amide bonds. The first-order valence-electron chi connectivity index (χ1n) is 10.6. The van der Waals surface area contributed by atoms with E-state index in [0.29, 0.717) is 22.9 Å². The zero-order chi connectivity index (χ0) is 21.2. The summed E-state index contributed by atoms with van der Waals surface area (Å²) in [6.07, 6.45) is 7.01. The van der Waals surface area contributed by atoms with Crippen LogP contribution in [0.2, 0.25) is 0 Å². The second-order valence-electron chi connectivity index (χ2n) is 9.46. The molecule has 3 fully saturated rings. The average Bonchev–Trinajstić information content (AvgIpc) is 2.97. The molecule has 30 heavy (non-hydrogen) atoms. The molecule has 1 atom stereocenters. The Bertz CT molecular complexity index is 992. The SMILES string of the molecule is CC(C)c1ccc(NC2=NC3C(=CN2)C=C(C(=O)N(C)C)N3C23CC(C2)C3)cc1F. The van der Waals surface area contributed by atoms with Gasteiger partial charge in [-0.15, -0.1) is 0 Å². The van der Waals surface area contributed by atoms with Crippen molar-refractivity contribution >= 4 is 17.6 Å². The Balaban J connectivity index is 1.41. The highest BCUT2D eigenvalue weighted by Gasteiger charge is 2.63. The number of nitrogens with one attached hydrogen (secondary N) is 2. The number of fused-ring (bicyclic) bond motifs is 1. The molecule has 3 aliphatic carbocycles. The van der Waals surface area contributed by atoms with Gasteiger partial charge in [-0.1, -0.05) is 19.9 Å². The van der Waals surface area contributed by atoms with Crippen LogP contribution in [0.15, 0.2) is 46.7 Å². The molecule has 7 heteroatoms. The number of guanidine groups is 1. The minimum Gasteiger partial charge on any atom is -0.344 e. The van der Waals surface area contributed by atoms with E-state index >= 15 is 0 Å². The lowest BCUT2D eigenvalue weighted by molar-refractivity contribution is -0.148. The fourth-order valence-corrected chi connectivity index (χ4v) is 5.06. The number of carbonyl (C=O) groups excluding carboxylic acids is 1. The van der Waals surface area contributed by atoms with Crippen LogP contribution >= 0.6 is 0 Å². The molecule has 1 aromatic carbocycles. The van der Waals surface area contributed by atoms with Gasteiger partial charge in [-0.05, 0) is 54.9 Å².